The van der Waals surface area contributed by atoms with Crippen molar-refractivity contribution in [2.24, 2.45) is 0 Å². The Bertz CT molecular complexity index is 656. The Kier molecular flexibility index (Phi) is 5.13. The van der Waals surface area contributed by atoms with E-state index in [0.717, 1.165) is 27.2 Å². The molecule has 5 heteroatoms. The van der Waals surface area contributed by atoms with Gasteiger partial charge in [0.15, 0.2) is 5.82 Å². The highest BCUT2D eigenvalue weighted by Gasteiger charge is 2.16. The molecule has 2 rings (SSSR count). The highest BCUT2D eigenvalue weighted by atomic mass is 127. The van der Waals surface area contributed by atoms with Crippen molar-refractivity contribution in [1.82, 2.24) is 9.97 Å². The highest BCUT2D eigenvalue weighted by molar-refractivity contribution is 14.1. The molecule has 1 aromatic carbocycles. The molecule has 2 aromatic rings. The third kappa shape index (κ3) is 3.51. The van der Waals surface area contributed by atoms with Crippen molar-refractivity contribution < 1.29 is 4.39 Å². The summed E-state index contributed by atoms with van der Waals surface area (Å²) >= 11 is 2.28. The average Bonchev–Trinajstić information content (AvgIpc) is 2.44. The van der Waals surface area contributed by atoms with Gasteiger partial charge in [-0.2, -0.15) is 0 Å². The normalized spacial score (nSPS) is 11.0. The van der Waals surface area contributed by atoms with E-state index in [9.17, 15) is 4.39 Å². The smallest absolute Gasteiger partial charge is 0.161 e. The minimum absolute atomic E-state index is 0.208. The first kappa shape index (κ1) is 16.1. The predicted octanol–water partition coefficient (Wildman–Crippen LogP) is 4.75. The number of hydrogen-bond donors (Lipinski definition) is 1. The van der Waals surface area contributed by atoms with Crippen molar-refractivity contribution in [3.63, 3.8) is 0 Å². The van der Waals surface area contributed by atoms with E-state index in [-0.39, 0.29) is 5.82 Å². The van der Waals surface area contributed by atoms with Crippen LogP contribution in [-0.4, -0.2) is 16.5 Å². The zero-order valence-electron chi connectivity index (χ0n) is 12.7. The first-order valence-corrected chi connectivity index (χ1v) is 8.09. The third-order valence-electron chi connectivity index (χ3n) is 3.18. The van der Waals surface area contributed by atoms with Crippen LogP contribution in [0, 0.1) is 16.3 Å². The van der Waals surface area contributed by atoms with Gasteiger partial charge in [0.25, 0.3) is 0 Å². The highest BCUT2D eigenvalue weighted by Crippen LogP contribution is 2.28. The zero-order valence-corrected chi connectivity index (χ0v) is 14.8. The lowest BCUT2D eigenvalue weighted by molar-refractivity contribution is 0.618. The number of benzene rings is 1. The Hall–Kier alpha value is -1.24. The lowest BCUT2D eigenvalue weighted by Gasteiger charge is -2.14. The first-order valence-electron chi connectivity index (χ1n) is 7.01. The lowest BCUT2D eigenvalue weighted by Crippen LogP contribution is -2.09. The number of nitrogens with one attached hydrogen (secondary N) is 1. The van der Waals surface area contributed by atoms with E-state index in [0.29, 0.717) is 17.3 Å². The van der Waals surface area contributed by atoms with Crippen molar-refractivity contribution in [1.29, 1.82) is 0 Å². The molecule has 3 nitrogen and oxygen atoms in total. The molecule has 0 saturated carbocycles. The summed E-state index contributed by atoms with van der Waals surface area (Å²) in [5, 5.41) is 3.27. The Morgan fingerprint density at radius 1 is 1.29 bits per heavy atom. The molecule has 0 amide bonds. The van der Waals surface area contributed by atoms with Gasteiger partial charge in [-0.15, -0.1) is 0 Å². The van der Waals surface area contributed by atoms with Crippen molar-refractivity contribution in [2.75, 3.05) is 11.9 Å². The molecule has 1 heterocycles. The number of rotatable bonds is 4. The summed E-state index contributed by atoms with van der Waals surface area (Å²) in [5.41, 5.74) is 2.45. The number of aromatic nitrogens is 2. The molecule has 112 valence electrons. The summed E-state index contributed by atoms with van der Waals surface area (Å²) in [5.74, 6) is 1.57. The fraction of sp³-hybridized carbons (Fsp3) is 0.375. The van der Waals surface area contributed by atoms with Gasteiger partial charge in [0.2, 0.25) is 0 Å². The van der Waals surface area contributed by atoms with Gasteiger partial charge in [-0.05, 0) is 66.1 Å². The van der Waals surface area contributed by atoms with E-state index in [1.807, 2.05) is 6.92 Å². The molecule has 0 spiro atoms. The first-order chi connectivity index (χ1) is 9.93. The van der Waals surface area contributed by atoms with Crippen molar-refractivity contribution in [2.45, 2.75) is 33.6 Å². The summed E-state index contributed by atoms with van der Waals surface area (Å²) in [7, 11) is 0. The van der Waals surface area contributed by atoms with E-state index < -0.39 is 0 Å². The summed E-state index contributed by atoms with van der Waals surface area (Å²) in [6.07, 6.45) is 0. The third-order valence-corrected chi connectivity index (χ3v) is 4.25. The zero-order chi connectivity index (χ0) is 15.6. The molecule has 0 saturated heterocycles. The van der Waals surface area contributed by atoms with Crippen LogP contribution >= 0.6 is 22.6 Å². The SMILES string of the molecule is CCNc1nc(-c2ccc(F)c(C)c2)nc(C(C)C)c1I. The number of nitrogens with zero attached hydrogens (tertiary/aromatic N) is 2. The molecule has 0 aliphatic rings. The molecular formula is C16H19FIN3. The summed E-state index contributed by atoms with van der Waals surface area (Å²) in [4.78, 5) is 9.27. The van der Waals surface area contributed by atoms with Gasteiger partial charge in [-0.3, -0.25) is 0 Å². The van der Waals surface area contributed by atoms with Crippen LogP contribution in [0.2, 0.25) is 0 Å². The van der Waals surface area contributed by atoms with Crippen LogP contribution < -0.4 is 5.32 Å². The Labute approximate surface area is 138 Å². The topological polar surface area (TPSA) is 37.8 Å². The second-order valence-corrected chi connectivity index (χ2v) is 6.32. The van der Waals surface area contributed by atoms with Gasteiger partial charge in [-0.25, -0.2) is 14.4 Å². The van der Waals surface area contributed by atoms with Crippen molar-refractivity contribution in [3.05, 3.63) is 38.8 Å². The van der Waals surface area contributed by atoms with E-state index in [1.165, 1.54) is 6.07 Å². The standard InChI is InChI=1S/C16H19FIN3/c1-5-19-16-13(18)14(9(2)3)20-15(21-16)11-6-7-12(17)10(4)8-11/h6-9H,5H2,1-4H3,(H,19,20,21). The monoisotopic (exact) mass is 399 g/mol. The van der Waals surface area contributed by atoms with Crippen LogP contribution in [0.25, 0.3) is 11.4 Å². The van der Waals surface area contributed by atoms with E-state index >= 15 is 0 Å². The summed E-state index contributed by atoms with van der Waals surface area (Å²) in [6, 6.07) is 4.98. The second-order valence-electron chi connectivity index (χ2n) is 5.24. The van der Waals surface area contributed by atoms with Crippen LogP contribution in [0.15, 0.2) is 18.2 Å². The summed E-state index contributed by atoms with van der Waals surface area (Å²) in [6.45, 7) is 8.81. The minimum atomic E-state index is -0.208. The molecule has 21 heavy (non-hydrogen) atoms. The quantitative estimate of drug-likeness (QED) is 0.755. The molecule has 1 N–H and O–H groups in total. The number of halogens is 2. The maximum atomic E-state index is 13.4. The largest absolute Gasteiger partial charge is 0.369 e. The molecule has 0 aliphatic heterocycles. The van der Waals surface area contributed by atoms with Gasteiger partial charge in [0.05, 0.1) is 9.26 Å². The number of hydrogen-bond acceptors (Lipinski definition) is 3. The van der Waals surface area contributed by atoms with Crippen LogP contribution in [0.3, 0.4) is 0 Å². The summed E-state index contributed by atoms with van der Waals surface area (Å²) < 4.78 is 14.5. The van der Waals surface area contributed by atoms with Gasteiger partial charge >= 0.3 is 0 Å². The Morgan fingerprint density at radius 2 is 2.00 bits per heavy atom. The molecule has 0 bridgehead atoms. The molecule has 1 aromatic heterocycles. The van der Waals surface area contributed by atoms with Crippen LogP contribution in [0.5, 0.6) is 0 Å². The maximum Gasteiger partial charge on any atom is 0.161 e. The minimum Gasteiger partial charge on any atom is -0.369 e. The maximum absolute atomic E-state index is 13.4. The van der Waals surface area contributed by atoms with Crippen LogP contribution in [-0.2, 0) is 0 Å². The number of anilines is 1. The van der Waals surface area contributed by atoms with E-state index in [4.69, 9.17) is 0 Å². The second kappa shape index (κ2) is 6.68. The van der Waals surface area contributed by atoms with Gasteiger partial charge in [0, 0.05) is 12.1 Å². The molecule has 0 radical (unpaired) electrons. The van der Waals surface area contributed by atoms with Crippen LogP contribution in [0.1, 0.15) is 37.9 Å². The van der Waals surface area contributed by atoms with E-state index in [1.54, 1.807) is 19.1 Å². The van der Waals surface area contributed by atoms with Gasteiger partial charge in [-0.1, -0.05) is 13.8 Å². The van der Waals surface area contributed by atoms with E-state index in [2.05, 4.69) is 51.7 Å². The predicted molar refractivity (Wildman–Crippen MR) is 93.1 cm³/mol. The van der Waals surface area contributed by atoms with Crippen molar-refractivity contribution in [3.8, 4) is 11.4 Å². The molecule has 0 fully saturated rings. The van der Waals surface area contributed by atoms with Gasteiger partial charge in [0.1, 0.15) is 11.6 Å². The molecule has 0 unspecified atom stereocenters. The molecule has 0 atom stereocenters. The number of aryl methyl sites for hydroxylation is 1. The fourth-order valence-electron chi connectivity index (χ4n) is 2.04. The van der Waals surface area contributed by atoms with Gasteiger partial charge < -0.3 is 5.32 Å². The Morgan fingerprint density at radius 3 is 2.57 bits per heavy atom. The van der Waals surface area contributed by atoms with Crippen molar-refractivity contribution >= 4 is 28.4 Å². The molecule has 0 aliphatic carbocycles. The van der Waals surface area contributed by atoms with Crippen LogP contribution in [0.4, 0.5) is 10.2 Å². The average molecular weight is 399 g/mol. The Balaban J connectivity index is 2.59. The fourth-order valence-corrected chi connectivity index (χ4v) is 3.10. The molecular weight excluding hydrogens is 380 g/mol. The lowest BCUT2D eigenvalue weighted by atomic mass is 10.1.